The summed E-state index contributed by atoms with van der Waals surface area (Å²) < 4.78 is 4.46. The van der Waals surface area contributed by atoms with Gasteiger partial charge in [-0.3, -0.25) is 0 Å². The van der Waals surface area contributed by atoms with Gasteiger partial charge in [0.25, 0.3) is 5.79 Å². The van der Waals surface area contributed by atoms with E-state index in [0.29, 0.717) is 0 Å². The van der Waals surface area contributed by atoms with Gasteiger partial charge in [0.15, 0.2) is 0 Å². The Balaban J connectivity index is 2.63. The molecule has 1 rings (SSSR count). The fourth-order valence-corrected chi connectivity index (χ4v) is 0.768. The quantitative estimate of drug-likeness (QED) is 0.344. The van der Waals surface area contributed by atoms with Gasteiger partial charge in [0.2, 0.25) is 5.79 Å². The number of epoxide rings is 1. The second-order valence-corrected chi connectivity index (χ2v) is 2.24. The molecule has 10 heavy (non-hydrogen) atoms. The molecule has 0 aromatic carbocycles. The Morgan fingerprint density at radius 1 is 1.50 bits per heavy atom. The Morgan fingerprint density at radius 2 is 2.10 bits per heavy atom. The molecule has 1 heterocycles. The van der Waals surface area contributed by atoms with Crippen LogP contribution in [0.25, 0.3) is 0 Å². The molecule has 4 nitrogen and oxygen atoms in total. The van der Waals surface area contributed by atoms with Crippen molar-refractivity contribution in [3.8, 4) is 0 Å². The van der Waals surface area contributed by atoms with Crippen molar-refractivity contribution >= 4 is 0 Å². The zero-order valence-corrected chi connectivity index (χ0v) is 5.61. The Labute approximate surface area is 58.4 Å². The number of aliphatic hydroxyl groups is 3. The highest BCUT2D eigenvalue weighted by Gasteiger charge is 2.68. The molecule has 3 N–H and O–H groups in total. The van der Waals surface area contributed by atoms with Crippen molar-refractivity contribution in [3.05, 3.63) is 12.2 Å². The standard InChI is InChI=1S/C6H10O4/c1-2-3-5(8)6(9,4-7)10-5/h2-3,7-9H,4H2,1H3/b3-2+. The third kappa shape index (κ3) is 0.856. The number of aliphatic hydroxyl groups excluding tert-OH is 1. The summed E-state index contributed by atoms with van der Waals surface area (Å²) in [6.45, 7) is 1.07. The highest BCUT2D eigenvalue weighted by atomic mass is 16.8. The summed E-state index contributed by atoms with van der Waals surface area (Å²) in [7, 11) is 0. The number of hydrogen-bond acceptors (Lipinski definition) is 4. The zero-order valence-electron chi connectivity index (χ0n) is 5.61. The zero-order chi connectivity index (χ0) is 7.83. The number of hydrogen-bond donors (Lipinski definition) is 3. The topological polar surface area (TPSA) is 73.2 Å². The molecule has 0 spiro atoms. The number of ether oxygens (including phenoxy) is 1. The molecule has 58 valence electrons. The lowest BCUT2D eigenvalue weighted by molar-refractivity contribution is -0.0177. The maximum absolute atomic E-state index is 9.13. The SMILES string of the molecule is C/C=C/C1(O)OC1(O)CO. The molecule has 0 aromatic heterocycles. The molecule has 1 aliphatic rings. The molecule has 2 atom stereocenters. The van der Waals surface area contributed by atoms with Crippen molar-refractivity contribution < 1.29 is 20.1 Å². The maximum atomic E-state index is 9.13. The van der Waals surface area contributed by atoms with Crippen molar-refractivity contribution in [2.24, 2.45) is 0 Å². The molecule has 0 radical (unpaired) electrons. The first kappa shape index (κ1) is 7.68. The van der Waals surface area contributed by atoms with Crippen LogP contribution < -0.4 is 0 Å². The van der Waals surface area contributed by atoms with E-state index in [1.807, 2.05) is 0 Å². The molecule has 0 amide bonds. The van der Waals surface area contributed by atoms with Crippen LogP contribution in [0, 0.1) is 0 Å². The first-order chi connectivity index (χ1) is 4.58. The second kappa shape index (κ2) is 2.03. The van der Waals surface area contributed by atoms with E-state index in [2.05, 4.69) is 4.74 Å². The summed E-state index contributed by atoms with van der Waals surface area (Å²) in [5, 5.41) is 26.6. The van der Waals surface area contributed by atoms with E-state index in [1.165, 1.54) is 12.2 Å². The molecule has 0 saturated carbocycles. The molecule has 1 saturated heterocycles. The lowest BCUT2D eigenvalue weighted by Gasteiger charge is -2.00. The van der Waals surface area contributed by atoms with Crippen LogP contribution in [0.4, 0.5) is 0 Å². The van der Waals surface area contributed by atoms with Gasteiger partial charge in [-0.1, -0.05) is 6.08 Å². The van der Waals surface area contributed by atoms with Crippen LogP contribution >= 0.6 is 0 Å². The highest BCUT2D eigenvalue weighted by Crippen LogP contribution is 2.44. The summed E-state index contributed by atoms with van der Waals surface area (Å²) >= 11 is 0. The van der Waals surface area contributed by atoms with E-state index in [-0.39, 0.29) is 0 Å². The Bertz CT molecular complexity index is 167. The van der Waals surface area contributed by atoms with Crippen LogP contribution in [0.15, 0.2) is 12.2 Å². The molecule has 0 aliphatic carbocycles. The lowest BCUT2D eigenvalue weighted by Crippen LogP contribution is -2.27. The van der Waals surface area contributed by atoms with Gasteiger partial charge in [-0.25, -0.2) is 0 Å². The molecule has 1 fully saturated rings. The number of rotatable bonds is 2. The fraction of sp³-hybridized carbons (Fsp3) is 0.667. The average molecular weight is 146 g/mol. The van der Waals surface area contributed by atoms with Crippen LogP contribution in [0.5, 0.6) is 0 Å². The number of allylic oxidation sites excluding steroid dienone is 1. The van der Waals surface area contributed by atoms with Crippen molar-refractivity contribution in [2.45, 2.75) is 18.5 Å². The van der Waals surface area contributed by atoms with Crippen molar-refractivity contribution in [2.75, 3.05) is 6.61 Å². The third-order valence-corrected chi connectivity index (χ3v) is 1.45. The first-order valence-electron chi connectivity index (χ1n) is 2.97. The second-order valence-electron chi connectivity index (χ2n) is 2.24. The largest absolute Gasteiger partial charge is 0.391 e. The lowest BCUT2D eigenvalue weighted by atomic mass is 10.2. The molecule has 0 aromatic rings. The van der Waals surface area contributed by atoms with Crippen molar-refractivity contribution in [1.29, 1.82) is 0 Å². The van der Waals surface area contributed by atoms with Gasteiger partial charge in [0.1, 0.15) is 6.61 Å². The summed E-state index contributed by atoms with van der Waals surface area (Å²) in [6.07, 6.45) is 2.82. The van der Waals surface area contributed by atoms with Crippen LogP contribution in [-0.4, -0.2) is 33.5 Å². The van der Waals surface area contributed by atoms with Gasteiger partial charge < -0.3 is 20.1 Å². The summed E-state index contributed by atoms with van der Waals surface area (Å²) in [6, 6.07) is 0. The third-order valence-electron chi connectivity index (χ3n) is 1.45. The van der Waals surface area contributed by atoms with Crippen LogP contribution in [0.2, 0.25) is 0 Å². The van der Waals surface area contributed by atoms with Gasteiger partial charge in [-0.15, -0.1) is 0 Å². The summed E-state index contributed by atoms with van der Waals surface area (Å²) in [5.41, 5.74) is 0. The van der Waals surface area contributed by atoms with Gasteiger partial charge in [-0.2, -0.15) is 0 Å². The molecule has 1 aliphatic heterocycles. The monoisotopic (exact) mass is 146 g/mol. The van der Waals surface area contributed by atoms with Gasteiger partial charge in [0, 0.05) is 0 Å². The smallest absolute Gasteiger partial charge is 0.252 e. The highest BCUT2D eigenvalue weighted by molar-refractivity contribution is 5.13. The minimum Gasteiger partial charge on any atom is -0.391 e. The minimum atomic E-state index is -1.78. The van der Waals surface area contributed by atoms with Crippen LogP contribution in [0.1, 0.15) is 6.92 Å². The molecule has 0 bridgehead atoms. The van der Waals surface area contributed by atoms with Crippen LogP contribution in [-0.2, 0) is 4.74 Å². The van der Waals surface area contributed by atoms with E-state index in [1.54, 1.807) is 6.92 Å². The van der Waals surface area contributed by atoms with Gasteiger partial charge in [-0.05, 0) is 13.0 Å². The predicted octanol–water partition coefficient (Wildman–Crippen LogP) is -1.04. The maximum Gasteiger partial charge on any atom is 0.252 e. The minimum absolute atomic E-state index is 0.603. The summed E-state index contributed by atoms with van der Waals surface area (Å²) in [4.78, 5) is 0. The fourth-order valence-electron chi connectivity index (χ4n) is 0.768. The van der Waals surface area contributed by atoms with Crippen LogP contribution in [0.3, 0.4) is 0 Å². The van der Waals surface area contributed by atoms with Gasteiger partial charge in [0.05, 0.1) is 0 Å². The Morgan fingerprint density at radius 3 is 2.40 bits per heavy atom. The van der Waals surface area contributed by atoms with Crippen molar-refractivity contribution in [3.63, 3.8) is 0 Å². The Kier molecular flexibility index (Phi) is 1.56. The average Bonchev–Trinajstić information content (AvgIpc) is 2.38. The van der Waals surface area contributed by atoms with E-state index in [0.717, 1.165) is 0 Å². The first-order valence-corrected chi connectivity index (χ1v) is 2.97. The Hall–Kier alpha value is -0.420. The molecule has 4 heteroatoms. The van der Waals surface area contributed by atoms with E-state index < -0.39 is 18.2 Å². The normalized spacial score (nSPS) is 46.4. The van der Waals surface area contributed by atoms with Crippen molar-refractivity contribution in [1.82, 2.24) is 0 Å². The van der Waals surface area contributed by atoms with E-state index >= 15 is 0 Å². The molecular weight excluding hydrogens is 136 g/mol. The van der Waals surface area contributed by atoms with E-state index in [4.69, 9.17) is 15.3 Å². The van der Waals surface area contributed by atoms with Gasteiger partial charge >= 0.3 is 0 Å². The summed E-state index contributed by atoms with van der Waals surface area (Å²) in [5.74, 6) is -3.45. The molecule has 2 unspecified atom stereocenters. The molecular formula is C6H10O4. The predicted molar refractivity (Wildman–Crippen MR) is 32.9 cm³/mol. The van der Waals surface area contributed by atoms with E-state index in [9.17, 15) is 0 Å².